The van der Waals surface area contributed by atoms with Crippen LogP contribution < -0.4 is 10.5 Å². The number of hydrogen-bond acceptors (Lipinski definition) is 5. The topological polar surface area (TPSA) is 75.7 Å². The average Bonchev–Trinajstić information content (AvgIpc) is 3.01. The number of aryl methyl sites for hydroxylation is 2. The first-order valence-electron chi connectivity index (χ1n) is 9.28. The zero-order valence-electron chi connectivity index (χ0n) is 16.7. The number of methoxy groups -OCH3 is 1. The van der Waals surface area contributed by atoms with Gasteiger partial charge in [0.2, 0.25) is 0 Å². The third kappa shape index (κ3) is 3.68. The molecule has 0 saturated heterocycles. The lowest BCUT2D eigenvalue weighted by Gasteiger charge is -2.14. The molecule has 0 fully saturated rings. The van der Waals surface area contributed by atoms with Crippen LogP contribution in [0.15, 0.2) is 36.5 Å². The van der Waals surface area contributed by atoms with Crippen molar-refractivity contribution >= 4 is 22.6 Å². The highest BCUT2D eigenvalue weighted by atomic mass is 16.5. The third-order valence-corrected chi connectivity index (χ3v) is 4.69. The zero-order valence-corrected chi connectivity index (χ0v) is 16.7. The van der Waals surface area contributed by atoms with Gasteiger partial charge in [-0.2, -0.15) is 0 Å². The van der Waals surface area contributed by atoms with Crippen LogP contribution in [-0.2, 0) is 9.47 Å². The Morgan fingerprint density at radius 2 is 1.86 bits per heavy atom. The molecule has 28 heavy (non-hydrogen) atoms. The molecule has 0 aliphatic carbocycles. The van der Waals surface area contributed by atoms with Crippen LogP contribution >= 0.6 is 0 Å². The molecule has 6 nitrogen and oxygen atoms in total. The summed E-state index contributed by atoms with van der Waals surface area (Å²) in [6.45, 7) is 7.19. The molecule has 0 spiro atoms. The van der Waals surface area contributed by atoms with Gasteiger partial charge in [-0.05, 0) is 56.7 Å². The second-order valence-corrected chi connectivity index (χ2v) is 6.60. The van der Waals surface area contributed by atoms with E-state index in [1.54, 1.807) is 26.2 Å². The van der Waals surface area contributed by atoms with Gasteiger partial charge in [0, 0.05) is 29.9 Å². The van der Waals surface area contributed by atoms with Crippen LogP contribution in [0, 0.1) is 13.8 Å². The van der Waals surface area contributed by atoms with Crippen LogP contribution in [0.5, 0.6) is 5.75 Å². The highest BCUT2D eigenvalue weighted by Gasteiger charge is 2.16. The fourth-order valence-corrected chi connectivity index (χ4v) is 3.41. The lowest BCUT2D eigenvalue weighted by atomic mass is 10.0. The number of carbonyl (C=O) groups excluding carboxylic acids is 1. The molecule has 0 unspecified atom stereocenters. The maximum atomic E-state index is 11.9. The molecule has 0 saturated carbocycles. The molecule has 3 rings (SSSR count). The number of aromatic nitrogens is 1. The number of anilines is 1. The molecule has 0 amide bonds. The summed E-state index contributed by atoms with van der Waals surface area (Å²) in [7, 11) is 1.65. The number of rotatable bonds is 7. The first-order valence-corrected chi connectivity index (χ1v) is 9.28. The lowest BCUT2D eigenvalue weighted by Crippen LogP contribution is -2.07. The van der Waals surface area contributed by atoms with Crippen molar-refractivity contribution in [1.82, 2.24) is 4.57 Å². The SMILES string of the molecule is CCOC(=O)c1ccc(-n2cc(N)c3c(C)c(OCCOC)c(C)cc32)cc1. The van der Waals surface area contributed by atoms with Gasteiger partial charge >= 0.3 is 5.97 Å². The summed E-state index contributed by atoms with van der Waals surface area (Å²) < 4.78 is 18.1. The highest BCUT2D eigenvalue weighted by molar-refractivity contribution is 5.98. The predicted molar refractivity (Wildman–Crippen MR) is 110 cm³/mol. The Bertz CT molecular complexity index is 990. The smallest absolute Gasteiger partial charge is 0.338 e. The van der Waals surface area contributed by atoms with Crippen molar-refractivity contribution in [2.75, 3.05) is 32.7 Å². The van der Waals surface area contributed by atoms with Crippen molar-refractivity contribution in [3.63, 3.8) is 0 Å². The maximum absolute atomic E-state index is 11.9. The molecule has 2 N–H and O–H groups in total. The van der Waals surface area contributed by atoms with Crippen LogP contribution in [0.2, 0.25) is 0 Å². The Kier molecular flexibility index (Phi) is 5.90. The predicted octanol–water partition coefficient (Wildman–Crippen LogP) is 4.03. The van der Waals surface area contributed by atoms with E-state index >= 15 is 0 Å². The third-order valence-electron chi connectivity index (χ3n) is 4.69. The van der Waals surface area contributed by atoms with E-state index in [4.69, 9.17) is 19.9 Å². The van der Waals surface area contributed by atoms with Gasteiger partial charge in [0.25, 0.3) is 0 Å². The van der Waals surface area contributed by atoms with Crippen LogP contribution in [0.25, 0.3) is 16.6 Å². The fourth-order valence-electron chi connectivity index (χ4n) is 3.41. The minimum absolute atomic E-state index is 0.324. The van der Waals surface area contributed by atoms with Gasteiger partial charge in [-0.3, -0.25) is 0 Å². The molecule has 1 aromatic heterocycles. The summed E-state index contributed by atoms with van der Waals surface area (Å²) in [4.78, 5) is 11.9. The van der Waals surface area contributed by atoms with Gasteiger partial charge in [-0.1, -0.05) is 0 Å². The van der Waals surface area contributed by atoms with Gasteiger partial charge in [0.15, 0.2) is 0 Å². The van der Waals surface area contributed by atoms with Crippen molar-refractivity contribution in [1.29, 1.82) is 0 Å². The molecule has 1 heterocycles. The summed E-state index contributed by atoms with van der Waals surface area (Å²) in [6, 6.07) is 9.37. The van der Waals surface area contributed by atoms with Crippen LogP contribution in [0.4, 0.5) is 5.69 Å². The number of esters is 1. The second-order valence-electron chi connectivity index (χ2n) is 6.60. The molecule has 0 aliphatic rings. The van der Waals surface area contributed by atoms with E-state index in [0.29, 0.717) is 31.1 Å². The first kappa shape index (κ1) is 19.8. The maximum Gasteiger partial charge on any atom is 0.338 e. The monoisotopic (exact) mass is 382 g/mol. The van der Waals surface area contributed by atoms with Crippen LogP contribution in [0.1, 0.15) is 28.4 Å². The Labute approximate surface area is 164 Å². The van der Waals surface area contributed by atoms with E-state index in [0.717, 1.165) is 33.5 Å². The number of nitrogens with zero attached hydrogens (tertiary/aromatic N) is 1. The van der Waals surface area contributed by atoms with Gasteiger partial charge < -0.3 is 24.5 Å². The first-order chi connectivity index (χ1) is 13.5. The van der Waals surface area contributed by atoms with E-state index < -0.39 is 0 Å². The summed E-state index contributed by atoms with van der Waals surface area (Å²) >= 11 is 0. The Hall–Kier alpha value is -2.99. The molecule has 0 aliphatic heterocycles. The largest absolute Gasteiger partial charge is 0.491 e. The minimum atomic E-state index is -0.324. The second kappa shape index (κ2) is 8.35. The molecular weight excluding hydrogens is 356 g/mol. The molecular formula is C22H26N2O4. The Morgan fingerprint density at radius 1 is 1.14 bits per heavy atom. The molecule has 148 valence electrons. The van der Waals surface area contributed by atoms with Crippen LogP contribution in [-0.4, -0.2) is 37.5 Å². The average molecular weight is 382 g/mol. The molecule has 0 radical (unpaired) electrons. The zero-order chi connectivity index (χ0) is 20.3. The minimum Gasteiger partial charge on any atom is -0.491 e. The van der Waals surface area contributed by atoms with Crippen molar-refractivity contribution in [3.8, 4) is 11.4 Å². The molecule has 2 aromatic carbocycles. The Balaban J connectivity index is 2.02. The van der Waals surface area contributed by atoms with Gasteiger partial charge in [-0.25, -0.2) is 4.79 Å². The standard InChI is InChI=1S/C22H26N2O4/c1-5-27-22(25)16-6-8-17(9-7-16)24-13-18(23)20-15(3)21(28-11-10-26-4)14(2)12-19(20)24/h6-9,12-13H,5,10-11,23H2,1-4H3. The number of nitrogen functional groups attached to an aromatic ring is 1. The van der Waals surface area contributed by atoms with Crippen molar-refractivity contribution in [2.45, 2.75) is 20.8 Å². The summed E-state index contributed by atoms with van der Waals surface area (Å²) in [6.07, 6.45) is 1.90. The van der Waals surface area contributed by atoms with E-state index in [1.165, 1.54) is 0 Å². The number of ether oxygens (including phenoxy) is 3. The van der Waals surface area contributed by atoms with Gasteiger partial charge in [-0.15, -0.1) is 0 Å². The number of hydrogen-bond donors (Lipinski definition) is 1. The Morgan fingerprint density at radius 3 is 2.50 bits per heavy atom. The normalized spacial score (nSPS) is 11.0. The number of fused-ring (bicyclic) bond motifs is 1. The van der Waals surface area contributed by atoms with E-state index in [2.05, 4.69) is 6.07 Å². The highest BCUT2D eigenvalue weighted by Crippen LogP contribution is 2.37. The van der Waals surface area contributed by atoms with E-state index in [9.17, 15) is 4.79 Å². The van der Waals surface area contributed by atoms with Crippen LogP contribution in [0.3, 0.4) is 0 Å². The van der Waals surface area contributed by atoms with Gasteiger partial charge in [0.1, 0.15) is 12.4 Å². The van der Waals surface area contributed by atoms with E-state index in [1.807, 2.05) is 36.7 Å². The number of benzene rings is 2. The molecule has 0 atom stereocenters. The van der Waals surface area contributed by atoms with Crippen molar-refractivity contribution in [3.05, 3.63) is 53.2 Å². The quantitative estimate of drug-likeness (QED) is 0.493. The summed E-state index contributed by atoms with van der Waals surface area (Å²) in [5.74, 6) is 0.516. The van der Waals surface area contributed by atoms with Gasteiger partial charge in [0.05, 0.1) is 30.0 Å². The molecule has 6 heteroatoms. The molecule has 3 aromatic rings. The summed E-state index contributed by atoms with van der Waals surface area (Å²) in [5.41, 5.74) is 11.5. The van der Waals surface area contributed by atoms with Crippen molar-refractivity contribution < 1.29 is 19.0 Å². The molecule has 0 bridgehead atoms. The summed E-state index contributed by atoms with van der Waals surface area (Å²) in [5, 5.41) is 0.965. The van der Waals surface area contributed by atoms with E-state index in [-0.39, 0.29) is 5.97 Å². The van der Waals surface area contributed by atoms with Crippen molar-refractivity contribution in [2.24, 2.45) is 0 Å². The fraction of sp³-hybridized carbons (Fsp3) is 0.318. The number of nitrogens with two attached hydrogens (primary N) is 1. The lowest BCUT2D eigenvalue weighted by molar-refractivity contribution is 0.0526. The number of carbonyl (C=O) groups is 1.